The lowest BCUT2D eigenvalue weighted by molar-refractivity contribution is -0.113. The normalized spacial score (nSPS) is 10.5. The number of halogens is 1. The summed E-state index contributed by atoms with van der Waals surface area (Å²) in [5.41, 5.74) is 2.19. The SMILES string of the molecule is Cc1cc(F)ccc1NC(=O)c1ccc(NC(=O)CSc2nncn2C)cc1. The zero-order chi connectivity index (χ0) is 20.1. The van der Waals surface area contributed by atoms with Crippen LogP contribution in [0.15, 0.2) is 53.9 Å². The van der Waals surface area contributed by atoms with E-state index in [-0.39, 0.29) is 23.4 Å². The van der Waals surface area contributed by atoms with Gasteiger partial charge < -0.3 is 15.2 Å². The lowest BCUT2D eigenvalue weighted by atomic mass is 10.1. The van der Waals surface area contributed by atoms with Crippen LogP contribution in [0.1, 0.15) is 15.9 Å². The minimum absolute atomic E-state index is 0.188. The van der Waals surface area contributed by atoms with Crippen LogP contribution in [-0.4, -0.2) is 32.3 Å². The summed E-state index contributed by atoms with van der Waals surface area (Å²) in [5, 5.41) is 13.8. The first-order valence-electron chi connectivity index (χ1n) is 8.36. The number of rotatable bonds is 6. The van der Waals surface area contributed by atoms with Gasteiger partial charge in [0.25, 0.3) is 5.91 Å². The second-order valence-corrected chi connectivity index (χ2v) is 6.99. The molecule has 0 spiro atoms. The Hall–Kier alpha value is -3.20. The highest BCUT2D eigenvalue weighted by Crippen LogP contribution is 2.18. The van der Waals surface area contributed by atoms with Crippen molar-refractivity contribution >= 4 is 35.0 Å². The van der Waals surface area contributed by atoms with Crippen molar-refractivity contribution in [2.24, 2.45) is 7.05 Å². The second kappa shape index (κ2) is 8.66. The first-order chi connectivity index (χ1) is 13.4. The fourth-order valence-corrected chi connectivity index (χ4v) is 3.09. The average Bonchev–Trinajstić information content (AvgIpc) is 3.08. The van der Waals surface area contributed by atoms with Crippen LogP contribution in [0, 0.1) is 12.7 Å². The number of thioether (sulfide) groups is 1. The summed E-state index contributed by atoms with van der Waals surface area (Å²) < 4.78 is 14.9. The molecule has 0 bridgehead atoms. The summed E-state index contributed by atoms with van der Waals surface area (Å²) in [6.07, 6.45) is 1.57. The van der Waals surface area contributed by atoms with Crippen molar-refractivity contribution in [3.8, 4) is 0 Å². The van der Waals surface area contributed by atoms with Gasteiger partial charge in [-0.15, -0.1) is 10.2 Å². The van der Waals surface area contributed by atoms with Crippen molar-refractivity contribution in [2.45, 2.75) is 12.1 Å². The highest BCUT2D eigenvalue weighted by Gasteiger charge is 2.10. The predicted molar refractivity (Wildman–Crippen MR) is 106 cm³/mol. The Kier molecular flexibility index (Phi) is 6.05. The summed E-state index contributed by atoms with van der Waals surface area (Å²) in [7, 11) is 1.80. The van der Waals surface area contributed by atoms with Crippen LogP contribution in [0.2, 0.25) is 0 Å². The molecule has 0 unspecified atom stereocenters. The number of aromatic nitrogens is 3. The van der Waals surface area contributed by atoms with E-state index < -0.39 is 0 Å². The smallest absolute Gasteiger partial charge is 0.255 e. The summed E-state index contributed by atoms with van der Waals surface area (Å²) in [6.45, 7) is 1.72. The molecule has 0 saturated carbocycles. The van der Waals surface area contributed by atoms with Crippen molar-refractivity contribution in [2.75, 3.05) is 16.4 Å². The molecule has 3 rings (SSSR count). The van der Waals surface area contributed by atoms with Crippen LogP contribution >= 0.6 is 11.8 Å². The number of hydrogen-bond acceptors (Lipinski definition) is 5. The first-order valence-corrected chi connectivity index (χ1v) is 9.35. The molecule has 2 aromatic carbocycles. The Labute approximate surface area is 165 Å². The van der Waals surface area contributed by atoms with Gasteiger partial charge in [-0.25, -0.2) is 4.39 Å². The summed E-state index contributed by atoms with van der Waals surface area (Å²) in [4.78, 5) is 24.4. The molecule has 0 saturated heterocycles. The molecule has 7 nitrogen and oxygen atoms in total. The van der Waals surface area contributed by atoms with Gasteiger partial charge in [0, 0.05) is 24.0 Å². The molecule has 0 aliphatic rings. The van der Waals surface area contributed by atoms with E-state index in [1.54, 1.807) is 49.1 Å². The van der Waals surface area contributed by atoms with Gasteiger partial charge in [-0.05, 0) is 55.0 Å². The summed E-state index contributed by atoms with van der Waals surface area (Å²) in [5.74, 6) is -0.663. The van der Waals surface area contributed by atoms with Gasteiger partial charge in [0.15, 0.2) is 5.16 Å². The molecule has 0 aliphatic heterocycles. The lowest BCUT2D eigenvalue weighted by Gasteiger charge is -2.09. The van der Waals surface area contributed by atoms with Crippen LogP contribution < -0.4 is 10.6 Å². The predicted octanol–water partition coefficient (Wildman–Crippen LogP) is 3.25. The number of carbonyl (C=O) groups is 2. The van der Waals surface area contributed by atoms with E-state index in [0.717, 1.165) is 0 Å². The summed E-state index contributed by atoms with van der Waals surface area (Å²) >= 11 is 1.28. The molecule has 0 atom stereocenters. The lowest BCUT2D eigenvalue weighted by Crippen LogP contribution is -2.15. The molecule has 2 amide bonds. The maximum Gasteiger partial charge on any atom is 0.255 e. The van der Waals surface area contributed by atoms with Gasteiger partial charge in [0.2, 0.25) is 5.91 Å². The molecule has 0 radical (unpaired) electrons. The van der Waals surface area contributed by atoms with Crippen molar-refractivity contribution in [3.63, 3.8) is 0 Å². The first kappa shape index (κ1) is 19.6. The van der Waals surface area contributed by atoms with E-state index in [9.17, 15) is 14.0 Å². The number of nitrogens with zero attached hydrogens (tertiary/aromatic N) is 3. The van der Waals surface area contributed by atoms with E-state index in [1.807, 2.05) is 0 Å². The molecule has 1 heterocycles. The molecular weight excluding hydrogens is 381 g/mol. The minimum Gasteiger partial charge on any atom is -0.325 e. The average molecular weight is 399 g/mol. The van der Waals surface area contributed by atoms with Gasteiger partial charge >= 0.3 is 0 Å². The van der Waals surface area contributed by atoms with Crippen molar-refractivity contribution < 1.29 is 14.0 Å². The molecule has 144 valence electrons. The maximum atomic E-state index is 13.2. The number of nitrogens with one attached hydrogen (secondary N) is 2. The highest BCUT2D eigenvalue weighted by molar-refractivity contribution is 7.99. The molecule has 28 heavy (non-hydrogen) atoms. The molecular formula is C19H18FN5O2S. The molecule has 3 aromatic rings. The zero-order valence-electron chi connectivity index (χ0n) is 15.3. The van der Waals surface area contributed by atoms with Crippen LogP contribution in [0.4, 0.5) is 15.8 Å². The molecule has 0 fully saturated rings. The van der Waals surface area contributed by atoms with Crippen molar-refractivity contribution in [1.82, 2.24) is 14.8 Å². The minimum atomic E-state index is -0.354. The van der Waals surface area contributed by atoms with Crippen molar-refractivity contribution in [1.29, 1.82) is 0 Å². The number of benzene rings is 2. The Bertz CT molecular complexity index is 1000. The Morgan fingerprint density at radius 2 is 1.89 bits per heavy atom. The fraction of sp³-hybridized carbons (Fsp3) is 0.158. The van der Waals surface area contributed by atoms with Crippen LogP contribution in [-0.2, 0) is 11.8 Å². The topological polar surface area (TPSA) is 88.9 Å². The third kappa shape index (κ3) is 4.95. The van der Waals surface area contributed by atoms with Gasteiger partial charge in [0.05, 0.1) is 5.75 Å². The number of anilines is 2. The van der Waals surface area contributed by atoms with Crippen LogP contribution in [0.5, 0.6) is 0 Å². The van der Waals surface area contributed by atoms with E-state index in [2.05, 4.69) is 20.8 Å². The zero-order valence-corrected chi connectivity index (χ0v) is 16.1. The number of carbonyl (C=O) groups excluding carboxylic acids is 2. The number of hydrogen-bond donors (Lipinski definition) is 2. The van der Waals surface area contributed by atoms with E-state index in [0.29, 0.717) is 27.7 Å². The number of aryl methyl sites for hydroxylation is 2. The van der Waals surface area contributed by atoms with Gasteiger partial charge in [0.1, 0.15) is 12.1 Å². The molecule has 0 aliphatic carbocycles. The highest BCUT2D eigenvalue weighted by atomic mass is 32.2. The van der Waals surface area contributed by atoms with E-state index in [1.165, 1.54) is 30.0 Å². The largest absolute Gasteiger partial charge is 0.325 e. The summed E-state index contributed by atoms with van der Waals surface area (Å²) in [6, 6.07) is 10.7. The Balaban J connectivity index is 1.56. The van der Waals surface area contributed by atoms with E-state index >= 15 is 0 Å². The van der Waals surface area contributed by atoms with Crippen molar-refractivity contribution in [3.05, 3.63) is 65.7 Å². The maximum absolute atomic E-state index is 13.2. The standard InChI is InChI=1S/C19H18FN5O2S/c1-12-9-14(20)5-8-16(12)23-18(27)13-3-6-15(7-4-13)22-17(26)10-28-19-24-21-11-25(19)2/h3-9,11H,10H2,1-2H3,(H,22,26)(H,23,27). The molecule has 9 heteroatoms. The third-order valence-corrected chi connectivity index (χ3v) is 4.90. The Morgan fingerprint density at radius 3 is 2.54 bits per heavy atom. The molecule has 1 aromatic heterocycles. The monoisotopic (exact) mass is 399 g/mol. The molecule has 2 N–H and O–H groups in total. The Morgan fingerprint density at radius 1 is 1.14 bits per heavy atom. The van der Waals surface area contributed by atoms with Crippen LogP contribution in [0.3, 0.4) is 0 Å². The third-order valence-electron chi connectivity index (χ3n) is 3.87. The van der Waals surface area contributed by atoms with E-state index in [4.69, 9.17) is 0 Å². The number of amides is 2. The second-order valence-electron chi connectivity index (χ2n) is 6.05. The fourth-order valence-electron chi connectivity index (χ4n) is 2.40. The van der Waals surface area contributed by atoms with Gasteiger partial charge in [-0.2, -0.15) is 0 Å². The van der Waals surface area contributed by atoms with Gasteiger partial charge in [-0.1, -0.05) is 11.8 Å². The van der Waals surface area contributed by atoms with Gasteiger partial charge in [-0.3, -0.25) is 9.59 Å². The quantitative estimate of drug-likeness (QED) is 0.621. The van der Waals surface area contributed by atoms with Crippen LogP contribution in [0.25, 0.3) is 0 Å².